The number of hydrogen-bond acceptors (Lipinski definition) is 5. The van der Waals surface area contributed by atoms with Crippen molar-refractivity contribution in [3.05, 3.63) is 70.5 Å². The summed E-state index contributed by atoms with van der Waals surface area (Å²) in [7, 11) is 0. The van der Waals surface area contributed by atoms with Crippen LogP contribution in [0, 0.1) is 17.8 Å². The summed E-state index contributed by atoms with van der Waals surface area (Å²) in [6.07, 6.45) is 13.3. The van der Waals surface area contributed by atoms with E-state index < -0.39 is 0 Å². The summed E-state index contributed by atoms with van der Waals surface area (Å²) in [4.78, 5) is 18.9. The average Bonchev–Trinajstić information content (AvgIpc) is 3.55. The third-order valence-electron chi connectivity index (χ3n) is 8.81. The minimum Gasteiger partial charge on any atom is -0.295 e. The van der Waals surface area contributed by atoms with Crippen molar-refractivity contribution in [2.24, 2.45) is 17.8 Å². The molecule has 0 amide bonds. The van der Waals surface area contributed by atoms with Gasteiger partial charge in [-0.05, 0) is 60.3 Å². The maximum absolute atomic E-state index is 14.1. The molecule has 1 fully saturated rings. The standard InChI is InChI=1S/C32H43N7O/c1-5-7-13-25-21-39(30-24(6-2)12-8-9-14-26(30)22(3)4)32(40)38(25)20-23-17-18-29(33-19-23)27-15-10-11-16-28(27)31-34-36-37-35-31/h10-11,15-19,21-22,24,26,30H,5-9,12-14,20H2,1-4H3,(H,34,35,36,37). The van der Waals surface area contributed by atoms with E-state index in [4.69, 9.17) is 4.98 Å². The Bertz CT molecular complexity index is 1420. The first-order valence-electron chi connectivity index (χ1n) is 15.1. The zero-order valence-electron chi connectivity index (χ0n) is 24.4. The SMILES string of the molecule is CCCCc1cn(C2C(CC)CCCCC2C(C)C)c(=O)n1Cc1ccc(-c2ccccc2-c2nn[nH]n2)nc1. The van der Waals surface area contributed by atoms with Crippen LogP contribution < -0.4 is 5.69 Å². The van der Waals surface area contributed by atoms with Gasteiger partial charge in [0.1, 0.15) is 0 Å². The van der Waals surface area contributed by atoms with Crippen molar-refractivity contribution < 1.29 is 0 Å². The Kier molecular flexibility index (Phi) is 8.92. The summed E-state index contributed by atoms with van der Waals surface area (Å²) in [5.41, 5.74) is 4.95. The quantitative estimate of drug-likeness (QED) is 0.226. The lowest BCUT2D eigenvalue weighted by atomic mass is 9.79. The summed E-state index contributed by atoms with van der Waals surface area (Å²) in [5, 5.41) is 14.5. The van der Waals surface area contributed by atoms with E-state index in [-0.39, 0.29) is 11.7 Å². The van der Waals surface area contributed by atoms with Gasteiger partial charge in [-0.15, -0.1) is 10.2 Å². The Labute approximate surface area is 237 Å². The molecule has 0 bridgehead atoms. The predicted octanol–water partition coefficient (Wildman–Crippen LogP) is 6.70. The number of H-pyrrole nitrogens is 1. The molecular weight excluding hydrogens is 498 g/mol. The molecule has 3 unspecified atom stereocenters. The lowest BCUT2D eigenvalue weighted by molar-refractivity contribution is 0.175. The van der Waals surface area contributed by atoms with Gasteiger partial charge in [0.05, 0.1) is 12.2 Å². The molecule has 212 valence electrons. The average molecular weight is 542 g/mol. The topological polar surface area (TPSA) is 94.3 Å². The van der Waals surface area contributed by atoms with Gasteiger partial charge in [-0.1, -0.05) is 83.7 Å². The fourth-order valence-electron chi connectivity index (χ4n) is 6.61. The van der Waals surface area contributed by atoms with Gasteiger partial charge in [0, 0.05) is 35.3 Å². The number of nitrogens with one attached hydrogen (secondary N) is 1. The van der Waals surface area contributed by atoms with Gasteiger partial charge in [0.15, 0.2) is 0 Å². The lowest BCUT2D eigenvalue weighted by Crippen LogP contribution is -2.36. The fraction of sp³-hybridized carbons (Fsp3) is 0.531. The number of tetrazole rings is 1. The first-order chi connectivity index (χ1) is 19.5. The summed E-state index contributed by atoms with van der Waals surface area (Å²) in [5.74, 6) is 2.17. The lowest BCUT2D eigenvalue weighted by Gasteiger charge is -2.34. The van der Waals surface area contributed by atoms with Crippen LogP contribution in [-0.4, -0.2) is 34.7 Å². The second kappa shape index (κ2) is 12.7. The highest BCUT2D eigenvalue weighted by Crippen LogP contribution is 2.42. The van der Waals surface area contributed by atoms with Gasteiger partial charge >= 0.3 is 5.69 Å². The predicted molar refractivity (Wildman–Crippen MR) is 159 cm³/mol. The van der Waals surface area contributed by atoms with Crippen molar-refractivity contribution in [3.8, 4) is 22.6 Å². The van der Waals surface area contributed by atoms with E-state index in [0.717, 1.165) is 53.8 Å². The number of aryl methyl sites for hydroxylation is 1. The van der Waals surface area contributed by atoms with Crippen LogP contribution in [-0.2, 0) is 13.0 Å². The molecule has 3 atom stereocenters. The molecule has 8 heteroatoms. The highest BCUT2D eigenvalue weighted by Gasteiger charge is 2.35. The number of benzene rings is 1. The van der Waals surface area contributed by atoms with Crippen LogP contribution >= 0.6 is 0 Å². The van der Waals surface area contributed by atoms with E-state index in [1.54, 1.807) is 0 Å². The van der Waals surface area contributed by atoms with Crippen molar-refractivity contribution in [3.63, 3.8) is 0 Å². The molecule has 5 rings (SSSR count). The third-order valence-corrected chi connectivity index (χ3v) is 8.81. The molecule has 1 N–H and O–H groups in total. The van der Waals surface area contributed by atoms with Crippen LogP contribution in [0.4, 0.5) is 0 Å². The Hall–Kier alpha value is -3.55. The molecule has 0 radical (unpaired) electrons. The first kappa shape index (κ1) is 28.0. The van der Waals surface area contributed by atoms with Crippen molar-refractivity contribution >= 4 is 0 Å². The van der Waals surface area contributed by atoms with Gasteiger partial charge in [-0.2, -0.15) is 5.21 Å². The van der Waals surface area contributed by atoms with Crippen LogP contribution in [0.1, 0.15) is 89.9 Å². The second-order valence-corrected chi connectivity index (χ2v) is 11.7. The Morgan fingerprint density at radius 3 is 2.52 bits per heavy atom. The Balaban J connectivity index is 1.48. The number of nitrogens with zero attached hydrogens (tertiary/aromatic N) is 6. The number of hydrogen-bond donors (Lipinski definition) is 1. The molecule has 1 aromatic carbocycles. The molecule has 1 aliphatic carbocycles. The Morgan fingerprint density at radius 2 is 1.85 bits per heavy atom. The normalized spacial score (nSPS) is 19.7. The summed E-state index contributed by atoms with van der Waals surface area (Å²) in [6, 6.07) is 12.3. The smallest absolute Gasteiger partial charge is 0.295 e. The molecule has 4 aromatic rings. The van der Waals surface area contributed by atoms with Crippen LogP contribution in [0.25, 0.3) is 22.6 Å². The number of pyridine rings is 1. The van der Waals surface area contributed by atoms with Gasteiger partial charge in [-0.3, -0.25) is 14.1 Å². The zero-order valence-corrected chi connectivity index (χ0v) is 24.4. The van der Waals surface area contributed by atoms with E-state index >= 15 is 0 Å². The van der Waals surface area contributed by atoms with E-state index in [1.807, 2.05) is 41.1 Å². The van der Waals surface area contributed by atoms with Crippen LogP contribution in [0.3, 0.4) is 0 Å². The largest absolute Gasteiger partial charge is 0.328 e. The van der Waals surface area contributed by atoms with Crippen LogP contribution in [0.5, 0.6) is 0 Å². The van der Waals surface area contributed by atoms with Crippen LogP contribution in [0.15, 0.2) is 53.6 Å². The number of aromatic amines is 1. The monoisotopic (exact) mass is 541 g/mol. The fourth-order valence-corrected chi connectivity index (χ4v) is 6.61. The van der Waals surface area contributed by atoms with Crippen molar-refractivity contribution in [1.82, 2.24) is 34.7 Å². The molecule has 3 heterocycles. The molecule has 40 heavy (non-hydrogen) atoms. The molecular formula is C32H43N7O. The maximum Gasteiger partial charge on any atom is 0.328 e. The molecule has 1 aliphatic rings. The molecule has 8 nitrogen and oxygen atoms in total. The molecule has 1 saturated carbocycles. The Morgan fingerprint density at radius 1 is 1.05 bits per heavy atom. The highest BCUT2D eigenvalue weighted by atomic mass is 16.1. The third kappa shape index (κ3) is 5.81. The second-order valence-electron chi connectivity index (χ2n) is 11.7. The molecule has 3 aromatic heterocycles. The minimum atomic E-state index is 0.133. The van der Waals surface area contributed by atoms with E-state index in [9.17, 15) is 4.79 Å². The summed E-state index contributed by atoms with van der Waals surface area (Å²) >= 11 is 0. The molecule has 0 spiro atoms. The van der Waals surface area contributed by atoms with Gasteiger partial charge in [0.2, 0.25) is 5.82 Å². The van der Waals surface area contributed by atoms with Gasteiger partial charge in [0.25, 0.3) is 0 Å². The maximum atomic E-state index is 14.1. The van der Waals surface area contributed by atoms with Crippen molar-refractivity contribution in [2.45, 2.75) is 91.6 Å². The minimum absolute atomic E-state index is 0.133. The van der Waals surface area contributed by atoms with Gasteiger partial charge < -0.3 is 0 Å². The van der Waals surface area contributed by atoms with E-state index in [2.05, 4.69) is 65.1 Å². The van der Waals surface area contributed by atoms with Crippen LogP contribution in [0.2, 0.25) is 0 Å². The number of aromatic nitrogens is 7. The molecule has 0 aliphatic heterocycles. The number of unbranched alkanes of at least 4 members (excludes halogenated alkanes) is 1. The van der Waals surface area contributed by atoms with Crippen molar-refractivity contribution in [2.75, 3.05) is 0 Å². The highest BCUT2D eigenvalue weighted by molar-refractivity contribution is 5.78. The summed E-state index contributed by atoms with van der Waals surface area (Å²) in [6.45, 7) is 9.70. The zero-order chi connectivity index (χ0) is 28.1. The van der Waals surface area contributed by atoms with Gasteiger partial charge in [-0.25, -0.2) is 4.79 Å². The summed E-state index contributed by atoms with van der Waals surface area (Å²) < 4.78 is 4.15. The number of imidazole rings is 1. The van der Waals surface area contributed by atoms with Crippen molar-refractivity contribution in [1.29, 1.82) is 0 Å². The van der Waals surface area contributed by atoms with E-state index in [0.29, 0.717) is 30.1 Å². The number of rotatable bonds is 10. The molecule has 0 saturated heterocycles. The first-order valence-corrected chi connectivity index (χ1v) is 15.1. The van der Waals surface area contributed by atoms with E-state index in [1.165, 1.54) is 25.7 Å².